The number of rotatable bonds is 61. The quantitative estimate of drug-likeness (QED) is 0.0176. The number of thioether (sulfide) groups is 1. The minimum Gasteiger partial charge on any atom is -0.480 e. The maximum atomic E-state index is 14.8. The zero-order chi connectivity index (χ0) is 94.3. The number of amides is 15. The Labute approximate surface area is 736 Å². The van der Waals surface area contributed by atoms with Crippen LogP contribution in [0.15, 0.2) is 52.8 Å². The molecule has 2 rings (SSSR count). The number of unbranched alkanes of at least 4 members (excludes halogenated alkanes) is 1. The van der Waals surface area contributed by atoms with Crippen molar-refractivity contribution >= 4 is 118 Å². The number of aromatic amines is 1. The van der Waals surface area contributed by atoms with E-state index in [2.05, 4.69) is 94.4 Å². The van der Waals surface area contributed by atoms with E-state index in [1.165, 1.54) is 31.2 Å². The Balaban J connectivity index is 2.58. The average Bonchev–Trinajstić information content (AvgIpc) is 1.31. The predicted molar refractivity (Wildman–Crippen MR) is 473 cm³/mol. The van der Waals surface area contributed by atoms with E-state index in [-0.39, 0.29) is 132 Å². The van der Waals surface area contributed by atoms with Crippen molar-refractivity contribution in [3.05, 3.63) is 54.1 Å². The lowest BCUT2D eigenvalue weighted by Crippen LogP contribution is -2.62. The normalized spacial score (nSPS) is 14.9. The molecule has 0 saturated heterocycles. The summed E-state index contributed by atoms with van der Waals surface area (Å²) in [6.45, 7) is 21.7. The van der Waals surface area contributed by atoms with Crippen molar-refractivity contribution in [2.24, 2.45) is 85.6 Å². The fraction of sp³-hybridized carbons (Fsp3) is 0.671. The first kappa shape index (κ1) is 110. The minimum atomic E-state index is -1.82. The van der Waals surface area contributed by atoms with Crippen molar-refractivity contribution in [2.75, 3.05) is 38.2 Å². The summed E-state index contributed by atoms with van der Waals surface area (Å²) in [5, 5.41) is 46.3. The molecule has 0 saturated carbocycles. The largest absolute Gasteiger partial charge is 0.480 e. The molecular weight excluding hydrogens is 1640 g/mol. The second kappa shape index (κ2) is 58.1. The number of carbonyl (C=O) groups excluding carboxylic acids is 15. The van der Waals surface area contributed by atoms with Crippen LogP contribution in [0, 0.1) is 35.5 Å². The molecule has 0 aliphatic carbocycles. The van der Waals surface area contributed by atoms with Gasteiger partial charge in [0.1, 0.15) is 85.1 Å². The number of aliphatic imine (C=N–C) groups is 2. The Morgan fingerprint density at radius 2 is 0.856 bits per heavy atom. The molecule has 0 aliphatic heterocycles. The second-order valence-corrected chi connectivity index (χ2v) is 34.1. The molecule has 0 fully saturated rings. The number of carboxylic acid groups (broad SMARTS) is 1. The van der Waals surface area contributed by atoms with E-state index in [0.29, 0.717) is 36.3 Å². The molecule has 2 aromatic rings. The van der Waals surface area contributed by atoms with E-state index in [0.717, 1.165) is 0 Å². The van der Waals surface area contributed by atoms with E-state index in [1.807, 2.05) is 27.7 Å². The van der Waals surface area contributed by atoms with E-state index < -0.39 is 204 Å². The summed E-state index contributed by atoms with van der Waals surface area (Å²) in [4.78, 5) is 240. The van der Waals surface area contributed by atoms with Crippen LogP contribution >= 0.6 is 11.8 Å². The van der Waals surface area contributed by atoms with Crippen molar-refractivity contribution in [1.82, 2.24) is 84.4 Å². The van der Waals surface area contributed by atoms with Crippen molar-refractivity contribution in [1.29, 1.82) is 0 Å². The molecule has 1 aromatic carbocycles. The Hall–Kier alpha value is -11.2. The van der Waals surface area contributed by atoms with E-state index >= 15 is 0 Å². The monoisotopic (exact) mass is 1780 g/mol. The van der Waals surface area contributed by atoms with Gasteiger partial charge in [0.15, 0.2) is 11.9 Å². The van der Waals surface area contributed by atoms with Gasteiger partial charge >= 0.3 is 5.97 Å². The number of nitrogens with zero attached hydrogens (tertiary/aromatic N) is 3. The summed E-state index contributed by atoms with van der Waals surface area (Å²) < 4.78 is 0. The van der Waals surface area contributed by atoms with Gasteiger partial charge in [0, 0.05) is 37.8 Å². The highest BCUT2D eigenvalue weighted by molar-refractivity contribution is 7.98. The van der Waals surface area contributed by atoms with Crippen LogP contribution < -0.4 is 115 Å². The number of nitrogens with one attached hydrogen (secondary N) is 15. The predicted octanol–water partition coefficient (Wildman–Crippen LogP) is -3.20. The third-order valence-corrected chi connectivity index (χ3v) is 20.8. The zero-order valence-electron chi connectivity index (χ0n) is 74.7. The molecule has 1 heterocycles. The summed E-state index contributed by atoms with van der Waals surface area (Å²) in [5.41, 5.74) is 40.9. The lowest BCUT2D eigenvalue weighted by molar-refractivity contribution is -0.138. The number of guanidine groups is 2. The first-order valence-electron chi connectivity index (χ1n) is 42.6. The smallest absolute Gasteiger partial charge is 0.322 e. The molecule has 702 valence electrons. The molecule has 125 heavy (non-hydrogen) atoms. The van der Waals surface area contributed by atoms with Crippen molar-refractivity contribution in [2.45, 2.75) is 277 Å². The number of H-pyrrole nitrogens is 1. The van der Waals surface area contributed by atoms with E-state index in [9.17, 15) is 81.8 Å². The Bertz CT molecular complexity index is 3860. The van der Waals surface area contributed by atoms with Crippen molar-refractivity contribution in [3.63, 3.8) is 0 Å². The molecule has 15 atom stereocenters. The number of carboxylic acids is 1. The van der Waals surface area contributed by atoms with Gasteiger partial charge in [-0.3, -0.25) is 86.7 Å². The van der Waals surface area contributed by atoms with Crippen LogP contribution in [0.2, 0.25) is 0 Å². The van der Waals surface area contributed by atoms with Crippen LogP contribution in [0.25, 0.3) is 0 Å². The molecular formula is C82H141N25O17S. The number of aliphatic carboxylic acids is 1. The fourth-order valence-electron chi connectivity index (χ4n) is 12.7. The highest BCUT2D eigenvalue weighted by Gasteiger charge is 2.40. The molecule has 0 aliphatic rings. The van der Waals surface area contributed by atoms with Crippen LogP contribution in [-0.2, 0) is 89.6 Å². The maximum Gasteiger partial charge on any atom is 0.322 e. The summed E-state index contributed by atoms with van der Waals surface area (Å²) in [7, 11) is 0. The van der Waals surface area contributed by atoms with Gasteiger partial charge in [0.05, 0.1) is 18.8 Å². The van der Waals surface area contributed by atoms with Crippen LogP contribution in [0.3, 0.4) is 0 Å². The van der Waals surface area contributed by atoms with E-state index in [4.69, 9.17) is 40.1 Å². The molecule has 1 unspecified atom stereocenters. The average molecular weight is 1780 g/mol. The molecule has 42 nitrogen and oxygen atoms in total. The number of benzene rings is 1. The molecule has 30 N–H and O–H groups in total. The molecule has 0 bridgehead atoms. The van der Waals surface area contributed by atoms with Gasteiger partial charge in [-0.25, -0.2) is 4.98 Å². The van der Waals surface area contributed by atoms with Crippen molar-refractivity contribution in [3.8, 4) is 0 Å². The van der Waals surface area contributed by atoms with Gasteiger partial charge in [-0.05, 0) is 144 Å². The number of hydrogen-bond donors (Lipinski definition) is 23. The summed E-state index contributed by atoms with van der Waals surface area (Å²) in [5.74, 6) is -16.6. The van der Waals surface area contributed by atoms with Crippen molar-refractivity contribution < 1.29 is 81.8 Å². The van der Waals surface area contributed by atoms with Gasteiger partial charge in [0.25, 0.3) is 0 Å². The number of aromatic nitrogens is 2. The van der Waals surface area contributed by atoms with Gasteiger partial charge in [-0.1, -0.05) is 120 Å². The number of nitrogens with two attached hydrogens (primary N) is 7. The Morgan fingerprint density at radius 1 is 0.440 bits per heavy atom. The third kappa shape index (κ3) is 43.3. The third-order valence-electron chi connectivity index (χ3n) is 20.1. The summed E-state index contributed by atoms with van der Waals surface area (Å²) in [6, 6.07) is -10.7. The van der Waals surface area contributed by atoms with Crippen LogP contribution in [-0.4, -0.2) is 244 Å². The first-order chi connectivity index (χ1) is 58.8. The van der Waals surface area contributed by atoms with Gasteiger partial charge in [-0.15, -0.1) is 0 Å². The number of hydrogen-bond acceptors (Lipinski definition) is 22. The molecule has 43 heteroatoms. The number of carbonyl (C=O) groups is 16. The highest BCUT2D eigenvalue weighted by Crippen LogP contribution is 2.18. The molecule has 15 amide bonds. The van der Waals surface area contributed by atoms with Gasteiger partial charge < -0.3 is 125 Å². The van der Waals surface area contributed by atoms with Crippen LogP contribution in [0.1, 0.15) is 191 Å². The van der Waals surface area contributed by atoms with Crippen LogP contribution in [0.5, 0.6) is 0 Å². The zero-order valence-corrected chi connectivity index (χ0v) is 75.5. The molecule has 1 aromatic heterocycles. The number of primary amides is 1. The van der Waals surface area contributed by atoms with Gasteiger partial charge in [-0.2, -0.15) is 11.8 Å². The maximum absolute atomic E-state index is 14.8. The highest BCUT2D eigenvalue weighted by atomic mass is 32.2. The standard InChI is InChI=1S/C82H141N25O17S/c1-15-48(12)66(80(124)104-58(36-45(6)7)74(118)99-55(29-28-43(2)3)72(116)101-59(37-50-23-17-16-18-24-50)75(119)100-56(30-34-125-14)68(112)93-41-63(109)110)107-77(121)61(39-62(84)108)105-79(123)65(47(10)11)106-76(120)60(38-51-40-90-42-94-51)102-71(115)53(26-21-32-91-81(86)87)96-67(111)49(13)95-69(113)52(25-19-20-31-83)97-70(114)54(27-22-33-92-82(88)89)98-73(117)57(35-44(4)5)103-78(122)64(85)46(8)9/h16-18,23-24,40,42-49,52-61,64-66H,15,19-22,25-39,41,83,85H2,1-14H3,(H2,84,108)(H,90,94)(H,93,112)(H,95,113)(H,96,111)(H,97,114)(H,98,117)(H,99,118)(H,100,119)(H,101,116)(H,102,115)(H,103,122)(H,104,124)(H,105,123)(H,106,120)(H,107,121)(H,109,110)(H4,86,87,91)(H4,88,89,92)/t48-,49-,52-,53-,54-,55?,56-,57-,58-,59-,60-,61-,64-,65-,66-/m0/s1. The van der Waals surface area contributed by atoms with Gasteiger partial charge in [0.2, 0.25) is 88.6 Å². The minimum absolute atomic E-state index is 0.00269. The molecule has 0 radical (unpaired) electrons. The topological polar surface area (TPSA) is 697 Å². The van der Waals surface area contributed by atoms with E-state index in [1.54, 1.807) is 92.0 Å². The SMILES string of the molecule is CC[C@H](C)[C@H](NC(=O)[C@H](CC(N)=O)NC(=O)[C@@H](NC(=O)[C@H](Cc1cnc[nH]1)NC(=O)[C@H](CCCN=C(N)N)NC(=O)[C@H](C)NC(=O)[C@H](CCCCN)NC(=O)[C@H](CCCN=C(N)N)NC(=O)[C@H](CC(C)C)NC(=O)[C@@H](N)C(C)C)C(C)C)C(=O)N[C@@H](CC(C)C)C(=O)NC(CCC(C)C)C(=O)N[C@@H](Cc1ccccc1)C(=O)N[C@@H](CCSC)C(=O)NCC(=O)O. The number of imidazole rings is 1. The molecule has 0 spiro atoms. The lowest BCUT2D eigenvalue weighted by Gasteiger charge is -2.30. The lowest BCUT2D eigenvalue weighted by atomic mass is 9.95. The fourth-order valence-corrected chi connectivity index (χ4v) is 13.2. The Kier molecular flexibility index (Phi) is 51.0. The first-order valence-corrected chi connectivity index (χ1v) is 44.0. The second-order valence-electron chi connectivity index (χ2n) is 33.2. The summed E-state index contributed by atoms with van der Waals surface area (Å²) in [6.07, 6.45) is 4.87. The summed E-state index contributed by atoms with van der Waals surface area (Å²) >= 11 is 1.38. The van der Waals surface area contributed by atoms with Crippen LogP contribution in [0.4, 0.5) is 0 Å². The Morgan fingerprint density at radius 3 is 1.30 bits per heavy atom.